The van der Waals surface area contributed by atoms with Gasteiger partial charge in [-0.05, 0) is 18.6 Å². The Morgan fingerprint density at radius 1 is 1.18 bits per heavy atom. The Hall–Kier alpha value is -4.03. The fourth-order valence-corrected chi connectivity index (χ4v) is 4.00. The van der Waals surface area contributed by atoms with Crippen LogP contribution in [0.3, 0.4) is 0 Å². The molecular weight excluding hydrogens is 465 g/mol. The molecule has 34 heavy (non-hydrogen) atoms. The SMILES string of the molecule is CCOc1c(F)cc(N2C(N)=C(C#N)C(c3ccccc3)C(C(=O)OC)=C2C(=O)OC)cc1Cl. The molecule has 3 rings (SSSR count). The molecule has 0 aliphatic carbocycles. The average Bonchev–Trinajstić information content (AvgIpc) is 2.84. The van der Waals surface area contributed by atoms with Gasteiger partial charge in [-0.15, -0.1) is 0 Å². The highest BCUT2D eigenvalue weighted by Crippen LogP contribution is 2.44. The number of rotatable bonds is 6. The van der Waals surface area contributed by atoms with Crippen LogP contribution in [0.2, 0.25) is 5.02 Å². The maximum Gasteiger partial charge on any atom is 0.355 e. The molecule has 0 aromatic heterocycles. The highest BCUT2D eigenvalue weighted by atomic mass is 35.5. The number of ether oxygens (including phenoxy) is 3. The number of carbonyl (C=O) groups excluding carboxylic acids is 2. The van der Waals surface area contributed by atoms with Gasteiger partial charge in [0, 0.05) is 6.07 Å². The predicted molar refractivity (Wildman–Crippen MR) is 122 cm³/mol. The van der Waals surface area contributed by atoms with E-state index in [1.54, 1.807) is 37.3 Å². The van der Waals surface area contributed by atoms with Gasteiger partial charge in [0.2, 0.25) is 0 Å². The number of methoxy groups -OCH3 is 2. The average molecular weight is 486 g/mol. The maximum absolute atomic E-state index is 14.9. The van der Waals surface area contributed by atoms with Crippen LogP contribution >= 0.6 is 11.6 Å². The lowest BCUT2D eigenvalue weighted by Gasteiger charge is -2.36. The molecule has 1 heterocycles. The Labute approximate surface area is 200 Å². The van der Waals surface area contributed by atoms with Gasteiger partial charge in [-0.1, -0.05) is 41.9 Å². The summed E-state index contributed by atoms with van der Waals surface area (Å²) < 4.78 is 30.0. The van der Waals surface area contributed by atoms with Crippen molar-refractivity contribution < 1.29 is 28.2 Å². The highest BCUT2D eigenvalue weighted by Gasteiger charge is 2.43. The molecule has 0 bridgehead atoms. The minimum Gasteiger partial charge on any atom is -0.489 e. The Kier molecular flexibility index (Phi) is 7.44. The molecule has 1 aliphatic heterocycles. The number of esters is 2. The molecule has 0 amide bonds. The molecule has 1 atom stereocenters. The van der Waals surface area contributed by atoms with E-state index in [0.717, 1.165) is 25.2 Å². The molecule has 0 fully saturated rings. The second kappa shape index (κ2) is 10.3. The first-order valence-electron chi connectivity index (χ1n) is 10.1. The molecule has 10 heteroatoms. The number of nitrogens with zero attached hydrogens (tertiary/aromatic N) is 2. The molecule has 1 unspecified atom stereocenters. The van der Waals surface area contributed by atoms with Crippen molar-refractivity contribution in [2.45, 2.75) is 12.8 Å². The van der Waals surface area contributed by atoms with Crippen LogP contribution < -0.4 is 15.4 Å². The van der Waals surface area contributed by atoms with Gasteiger partial charge >= 0.3 is 11.9 Å². The number of hydrogen-bond acceptors (Lipinski definition) is 8. The third-order valence-corrected chi connectivity index (χ3v) is 5.42. The standard InChI is InChI=1S/C24H21ClFN3O5/c1-4-34-21-16(25)10-14(11-17(21)26)29-20(24(31)33-3)19(23(30)32-2)18(15(12-27)22(29)28)13-8-6-5-7-9-13/h5-11,18H,4,28H2,1-3H3. The van der Waals surface area contributed by atoms with Crippen LogP contribution in [-0.4, -0.2) is 32.8 Å². The van der Waals surface area contributed by atoms with Crippen molar-refractivity contribution >= 4 is 29.2 Å². The molecule has 1 aliphatic rings. The smallest absolute Gasteiger partial charge is 0.355 e. The first kappa shape index (κ1) is 24.6. The van der Waals surface area contributed by atoms with E-state index in [9.17, 15) is 19.2 Å². The van der Waals surface area contributed by atoms with Gasteiger partial charge in [-0.3, -0.25) is 4.90 Å². The van der Waals surface area contributed by atoms with E-state index < -0.39 is 23.7 Å². The Balaban J connectivity index is 2.40. The molecular formula is C24H21ClFN3O5. The zero-order chi connectivity index (χ0) is 25.0. The van der Waals surface area contributed by atoms with Crippen molar-refractivity contribution in [3.8, 4) is 11.8 Å². The number of nitriles is 1. The Morgan fingerprint density at radius 3 is 2.35 bits per heavy atom. The van der Waals surface area contributed by atoms with E-state index in [4.69, 9.17) is 31.5 Å². The summed E-state index contributed by atoms with van der Waals surface area (Å²) in [4.78, 5) is 27.0. The summed E-state index contributed by atoms with van der Waals surface area (Å²) in [5, 5.41) is 9.91. The minimum absolute atomic E-state index is 0.0236. The van der Waals surface area contributed by atoms with Crippen LogP contribution in [0.1, 0.15) is 18.4 Å². The molecule has 0 radical (unpaired) electrons. The second-order valence-corrected chi connectivity index (χ2v) is 7.41. The first-order chi connectivity index (χ1) is 16.3. The lowest BCUT2D eigenvalue weighted by Crippen LogP contribution is -2.40. The first-order valence-corrected chi connectivity index (χ1v) is 10.5. The van der Waals surface area contributed by atoms with Crippen molar-refractivity contribution in [2.75, 3.05) is 25.7 Å². The van der Waals surface area contributed by atoms with Crippen LogP contribution in [0.25, 0.3) is 0 Å². The van der Waals surface area contributed by atoms with Crippen molar-refractivity contribution in [1.82, 2.24) is 0 Å². The number of nitrogens with two attached hydrogens (primary N) is 1. The second-order valence-electron chi connectivity index (χ2n) is 7.01. The summed E-state index contributed by atoms with van der Waals surface area (Å²) in [7, 11) is 2.25. The quantitative estimate of drug-likeness (QED) is 0.615. The molecule has 0 saturated carbocycles. The number of carbonyl (C=O) groups is 2. The fourth-order valence-electron chi connectivity index (χ4n) is 3.74. The Bertz CT molecular complexity index is 1210. The molecule has 0 saturated heterocycles. The summed E-state index contributed by atoms with van der Waals surface area (Å²) in [5.41, 5.74) is 6.28. The van der Waals surface area contributed by atoms with Crippen molar-refractivity contribution in [3.63, 3.8) is 0 Å². The third-order valence-electron chi connectivity index (χ3n) is 5.14. The lowest BCUT2D eigenvalue weighted by atomic mass is 9.81. The number of benzene rings is 2. The summed E-state index contributed by atoms with van der Waals surface area (Å²) in [6.45, 7) is 1.83. The van der Waals surface area contributed by atoms with Gasteiger partial charge in [-0.2, -0.15) is 5.26 Å². The largest absolute Gasteiger partial charge is 0.489 e. The van der Waals surface area contributed by atoms with Crippen molar-refractivity contribution in [1.29, 1.82) is 5.26 Å². The summed E-state index contributed by atoms with van der Waals surface area (Å²) in [6.07, 6.45) is 0. The summed E-state index contributed by atoms with van der Waals surface area (Å²) in [6, 6.07) is 12.9. The van der Waals surface area contributed by atoms with Crippen LogP contribution in [0.5, 0.6) is 5.75 Å². The van der Waals surface area contributed by atoms with Gasteiger partial charge < -0.3 is 19.9 Å². The van der Waals surface area contributed by atoms with Gasteiger partial charge in [-0.25, -0.2) is 14.0 Å². The van der Waals surface area contributed by atoms with Crippen LogP contribution in [-0.2, 0) is 19.1 Å². The van der Waals surface area contributed by atoms with Gasteiger partial charge in [0.15, 0.2) is 11.6 Å². The molecule has 0 spiro atoms. The minimum atomic E-state index is -1.04. The summed E-state index contributed by atoms with van der Waals surface area (Å²) in [5.74, 6) is -4.10. The lowest BCUT2D eigenvalue weighted by molar-refractivity contribution is -0.139. The van der Waals surface area contributed by atoms with Crippen LogP contribution in [0.4, 0.5) is 10.1 Å². The number of halogens is 2. The zero-order valence-electron chi connectivity index (χ0n) is 18.6. The van der Waals surface area contributed by atoms with Crippen molar-refractivity contribution in [2.24, 2.45) is 5.73 Å². The molecule has 2 aromatic rings. The number of hydrogen-bond donors (Lipinski definition) is 1. The normalized spacial score (nSPS) is 15.6. The van der Waals surface area contributed by atoms with E-state index in [1.807, 2.05) is 6.07 Å². The Morgan fingerprint density at radius 2 is 1.82 bits per heavy atom. The van der Waals surface area contributed by atoms with Gasteiger partial charge in [0.25, 0.3) is 0 Å². The topological polar surface area (TPSA) is 115 Å². The van der Waals surface area contributed by atoms with Crippen LogP contribution in [0, 0.1) is 17.1 Å². The molecule has 176 valence electrons. The van der Waals surface area contributed by atoms with Crippen molar-refractivity contribution in [3.05, 3.63) is 81.5 Å². The fraction of sp³-hybridized carbons (Fsp3) is 0.208. The number of anilines is 1. The summed E-state index contributed by atoms with van der Waals surface area (Å²) >= 11 is 6.23. The molecule has 2 N–H and O–H groups in total. The van der Waals surface area contributed by atoms with E-state index in [2.05, 4.69) is 0 Å². The van der Waals surface area contributed by atoms with E-state index >= 15 is 0 Å². The zero-order valence-corrected chi connectivity index (χ0v) is 19.4. The number of allylic oxidation sites excluding steroid dienone is 1. The maximum atomic E-state index is 14.9. The van der Waals surface area contributed by atoms with E-state index in [1.165, 1.54) is 6.07 Å². The van der Waals surface area contributed by atoms with Gasteiger partial charge in [0.05, 0.1) is 54.7 Å². The highest BCUT2D eigenvalue weighted by molar-refractivity contribution is 6.32. The third kappa shape index (κ3) is 4.28. The monoisotopic (exact) mass is 485 g/mol. The molecule has 2 aromatic carbocycles. The van der Waals surface area contributed by atoms with E-state index in [0.29, 0.717) is 5.56 Å². The van der Waals surface area contributed by atoms with Crippen LogP contribution in [0.15, 0.2) is 65.1 Å². The predicted octanol–water partition coefficient (Wildman–Crippen LogP) is 3.78. The van der Waals surface area contributed by atoms with Gasteiger partial charge in [0.1, 0.15) is 11.5 Å². The van der Waals surface area contributed by atoms with E-state index in [-0.39, 0.29) is 45.7 Å². The molecule has 8 nitrogen and oxygen atoms in total.